The van der Waals surface area contributed by atoms with Gasteiger partial charge < -0.3 is 9.11 Å². The maximum absolute atomic E-state index is 11.1. The number of aryl methyl sites for hydroxylation is 2. The van der Waals surface area contributed by atoms with Gasteiger partial charge >= 0.3 is 48.9 Å². The van der Waals surface area contributed by atoms with Gasteiger partial charge in [-0.2, -0.15) is 0 Å². The molecule has 468 valence electrons. The topological polar surface area (TPSA) is 114 Å². The van der Waals surface area contributed by atoms with Gasteiger partial charge in [0.2, 0.25) is 0 Å². The Balaban J connectivity index is 0.00000156. The Labute approximate surface area is 545 Å². The van der Waals surface area contributed by atoms with Crippen LogP contribution in [0.4, 0.5) is 0 Å². The molecule has 0 unspecified atom stereocenters. The first-order valence-corrected chi connectivity index (χ1v) is 38.0. The van der Waals surface area contributed by atoms with E-state index < -0.39 is 20.2 Å². The summed E-state index contributed by atoms with van der Waals surface area (Å²) in [5, 5.41) is 0. The summed E-state index contributed by atoms with van der Waals surface area (Å²) in [5.74, 6) is 0. The average molecular weight is 1290 g/mol. The first-order chi connectivity index (χ1) is 39.1. The molecule has 81 heavy (non-hydrogen) atoms. The van der Waals surface area contributed by atoms with Crippen molar-refractivity contribution in [2.45, 2.75) is 396 Å². The Kier molecular flexibility index (Phi) is 61.3. The first kappa shape index (κ1) is 80.8. The Bertz CT molecular complexity index is 1690. The number of unbranched alkanes of at least 4 members (excludes halogenated alkanes) is 54. The van der Waals surface area contributed by atoms with Crippen molar-refractivity contribution in [3.05, 3.63) is 59.7 Å². The number of rotatable bonds is 60. The molecule has 2 rings (SSSR count). The molecule has 9 heteroatoms. The van der Waals surface area contributed by atoms with Crippen LogP contribution < -0.4 is 0 Å². The molecule has 0 aliphatic heterocycles. The van der Waals surface area contributed by atoms with Crippen molar-refractivity contribution in [2.75, 3.05) is 0 Å². The van der Waals surface area contributed by atoms with E-state index in [-0.39, 0.29) is 58.7 Å². The van der Waals surface area contributed by atoms with Crippen molar-refractivity contribution < 1.29 is 25.9 Å². The maximum Gasteiger partial charge on any atom is 2.00 e. The van der Waals surface area contributed by atoms with E-state index in [0.29, 0.717) is 0 Å². The van der Waals surface area contributed by atoms with Gasteiger partial charge in [-0.3, -0.25) is 0 Å². The van der Waals surface area contributed by atoms with E-state index in [1.54, 1.807) is 12.1 Å². The van der Waals surface area contributed by atoms with E-state index in [2.05, 4.69) is 13.8 Å². The van der Waals surface area contributed by atoms with Gasteiger partial charge in [0.1, 0.15) is 20.2 Å². The predicted molar refractivity (Wildman–Crippen MR) is 352 cm³/mol. The van der Waals surface area contributed by atoms with Crippen LogP contribution in [0.15, 0.2) is 58.3 Å². The van der Waals surface area contributed by atoms with Gasteiger partial charge in [0, 0.05) is 0 Å². The molecule has 0 atom stereocenters. The fourth-order valence-corrected chi connectivity index (χ4v) is 12.8. The quantitative estimate of drug-likeness (QED) is 0.0370. The van der Waals surface area contributed by atoms with Crippen LogP contribution in [0, 0.1) is 0 Å². The van der Waals surface area contributed by atoms with Crippen molar-refractivity contribution in [3.8, 4) is 0 Å². The molecule has 0 saturated heterocycles. The average Bonchev–Trinajstić information content (AvgIpc) is 3.44. The molecule has 0 amide bonds. The molecule has 0 aliphatic carbocycles. The first-order valence-electron chi connectivity index (χ1n) is 35.2. The van der Waals surface area contributed by atoms with Gasteiger partial charge in [0.05, 0.1) is 9.79 Å². The van der Waals surface area contributed by atoms with E-state index in [1.807, 2.05) is 12.1 Å². The third kappa shape index (κ3) is 57.3. The van der Waals surface area contributed by atoms with Crippen LogP contribution in [0.1, 0.15) is 385 Å². The van der Waals surface area contributed by atoms with Crippen LogP contribution in [-0.2, 0) is 33.1 Å². The van der Waals surface area contributed by atoms with E-state index in [0.717, 1.165) is 36.8 Å². The molecule has 2 aromatic carbocycles. The van der Waals surface area contributed by atoms with Crippen molar-refractivity contribution >= 4 is 69.1 Å². The van der Waals surface area contributed by atoms with Gasteiger partial charge in [-0.25, -0.2) is 16.8 Å². The zero-order valence-corrected chi connectivity index (χ0v) is 59.7. The molecule has 0 aliphatic rings. The van der Waals surface area contributed by atoms with Crippen molar-refractivity contribution in [2.24, 2.45) is 0 Å². The second-order valence-electron chi connectivity index (χ2n) is 24.8. The van der Waals surface area contributed by atoms with E-state index in [4.69, 9.17) is 0 Å². The molecule has 2 aromatic rings. The third-order valence-electron chi connectivity index (χ3n) is 17.0. The minimum atomic E-state index is -4.34. The van der Waals surface area contributed by atoms with E-state index in [1.165, 1.54) is 371 Å². The van der Waals surface area contributed by atoms with Crippen molar-refractivity contribution in [3.63, 3.8) is 0 Å². The minimum absolute atomic E-state index is 0. The zero-order chi connectivity index (χ0) is 58.0. The molecule has 0 fully saturated rings. The smallest absolute Gasteiger partial charge is 0.744 e. The summed E-state index contributed by atoms with van der Waals surface area (Å²) in [6, 6.07) is 13.0. The monoisotopic (exact) mass is 1290 g/mol. The summed E-state index contributed by atoms with van der Waals surface area (Å²) in [6.45, 7) is 4.59. The molecule has 0 bridgehead atoms. The number of hydrogen-bond acceptors (Lipinski definition) is 6. The molecule has 0 radical (unpaired) electrons. The van der Waals surface area contributed by atoms with E-state index in [9.17, 15) is 25.9 Å². The summed E-state index contributed by atoms with van der Waals surface area (Å²) >= 11 is 0. The van der Waals surface area contributed by atoms with Gasteiger partial charge in [-0.1, -0.05) is 385 Å². The summed E-state index contributed by atoms with van der Waals surface area (Å²) in [5.41, 5.74) is 1.90. The Morgan fingerprint density at radius 2 is 0.395 bits per heavy atom. The molecule has 0 heterocycles. The van der Waals surface area contributed by atoms with Gasteiger partial charge in [0.25, 0.3) is 0 Å². The van der Waals surface area contributed by atoms with Crippen LogP contribution in [0.25, 0.3) is 0 Å². The molecule has 6 nitrogen and oxygen atoms in total. The molecule has 0 spiro atoms. The Hall–Kier alpha value is -0.169. The third-order valence-corrected chi connectivity index (χ3v) is 18.7. The standard InChI is InChI=1S/2C36H66O3S.Ba/c2*1-2-3-4-5-6-7-8-9-10-11-12-13-14-15-16-17-18-19-20-21-22-23-24-25-26-27-28-29-31-35-32-30-33-36(34-35)40(37,38)39;/h2*30,32-34H,2-29,31H2,1H3,(H,37,38,39);/q;;+2/p-2. The molecule has 0 aromatic heterocycles. The largest absolute Gasteiger partial charge is 2.00 e. The van der Waals surface area contributed by atoms with Crippen LogP contribution in [-0.4, -0.2) is 74.8 Å². The molecular weight excluding hydrogens is 1160 g/mol. The molecule has 0 N–H and O–H groups in total. The predicted octanol–water partition coefficient (Wildman–Crippen LogP) is 23.8. The molecule has 0 saturated carbocycles. The maximum atomic E-state index is 11.1. The summed E-state index contributed by atoms with van der Waals surface area (Å²) in [4.78, 5) is -0.213. The Morgan fingerprint density at radius 1 is 0.247 bits per heavy atom. The summed E-state index contributed by atoms with van der Waals surface area (Å²) < 4.78 is 66.8. The normalized spacial score (nSPS) is 11.7. The van der Waals surface area contributed by atoms with Crippen LogP contribution in [0.2, 0.25) is 0 Å². The Morgan fingerprint density at radius 3 is 0.543 bits per heavy atom. The van der Waals surface area contributed by atoms with Crippen LogP contribution >= 0.6 is 0 Å². The second-order valence-corrected chi connectivity index (χ2v) is 27.6. The van der Waals surface area contributed by atoms with Gasteiger partial charge in [0.15, 0.2) is 0 Å². The van der Waals surface area contributed by atoms with Crippen molar-refractivity contribution in [1.82, 2.24) is 0 Å². The fraction of sp³-hybridized carbons (Fsp3) is 0.833. The van der Waals surface area contributed by atoms with Gasteiger partial charge in [-0.05, 0) is 61.1 Å². The SMILES string of the molecule is CCCCCCCCCCCCCCCCCCCCCCCCCCCCCCc1cccc(S(=O)(=O)[O-])c1.CCCCCCCCCCCCCCCCCCCCCCCCCCCCCCc1cccc(S(=O)(=O)[O-])c1.[Ba+2]. The summed E-state index contributed by atoms with van der Waals surface area (Å²) in [7, 11) is -8.69. The summed E-state index contributed by atoms with van der Waals surface area (Å²) in [6.07, 6.45) is 80.1. The minimum Gasteiger partial charge on any atom is -0.744 e. The molecular formula is C72H130BaO6S2. The van der Waals surface area contributed by atoms with Crippen LogP contribution in [0.3, 0.4) is 0 Å². The number of hydrogen-bond donors (Lipinski definition) is 0. The van der Waals surface area contributed by atoms with Gasteiger partial charge in [-0.15, -0.1) is 0 Å². The fourth-order valence-electron chi connectivity index (χ4n) is 11.7. The van der Waals surface area contributed by atoms with E-state index >= 15 is 0 Å². The zero-order valence-electron chi connectivity index (χ0n) is 53.6. The second kappa shape index (κ2) is 61.5. The number of benzene rings is 2. The van der Waals surface area contributed by atoms with Crippen LogP contribution in [0.5, 0.6) is 0 Å². The van der Waals surface area contributed by atoms with Crippen molar-refractivity contribution in [1.29, 1.82) is 0 Å².